The van der Waals surface area contributed by atoms with Gasteiger partial charge in [-0.25, -0.2) is 0 Å². The van der Waals surface area contributed by atoms with E-state index in [1.165, 1.54) is 11.8 Å². The molecular weight excluding hydrogens is 394 g/mol. The van der Waals surface area contributed by atoms with Gasteiger partial charge in [-0.05, 0) is 36.8 Å². The summed E-state index contributed by atoms with van der Waals surface area (Å²) in [7, 11) is 0. The molecule has 0 radical (unpaired) electrons. The van der Waals surface area contributed by atoms with Gasteiger partial charge in [0.2, 0.25) is 5.91 Å². The highest BCUT2D eigenvalue weighted by Gasteiger charge is 2.16. The maximum Gasteiger partial charge on any atom is 0.230 e. The van der Waals surface area contributed by atoms with Gasteiger partial charge in [-0.2, -0.15) is 0 Å². The highest BCUT2D eigenvalue weighted by atomic mass is 35.5. The molecule has 0 aliphatic heterocycles. The lowest BCUT2D eigenvalue weighted by Crippen LogP contribution is -2.28. The Morgan fingerprint density at radius 3 is 2.82 bits per heavy atom. The lowest BCUT2D eigenvalue weighted by molar-refractivity contribution is -0.119. The van der Waals surface area contributed by atoms with Gasteiger partial charge in [0, 0.05) is 29.5 Å². The number of nitrogens with one attached hydrogen (secondary N) is 1. The largest absolute Gasteiger partial charge is 0.349 e. The number of hydrogen-bond donors (Lipinski definition) is 1. The van der Waals surface area contributed by atoms with Gasteiger partial charge in [0.1, 0.15) is 0 Å². The maximum atomic E-state index is 12.4. The van der Waals surface area contributed by atoms with E-state index in [-0.39, 0.29) is 17.7 Å². The Kier molecular flexibility index (Phi) is 6.84. The van der Waals surface area contributed by atoms with Crippen LogP contribution in [0.4, 0.5) is 0 Å². The second kappa shape index (κ2) is 9.52. The third-order valence-electron chi connectivity index (χ3n) is 4.03. The monoisotopic (exact) mass is 413 g/mol. The fraction of sp³-hybridized carbons (Fsp3) is 0.200. The second-order valence-electron chi connectivity index (χ2n) is 6.07. The Morgan fingerprint density at radius 1 is 1.32 bits per heavy atom. The molecule has 1 atom stereocenters. The van der Waals surface area contributed by atoms with Crippen LogP contribution in [0.15, 0.2) is 66.6 Å². The molecule has 0 saturated heterocycles. The third-order valence-corrected chi connectivity index (χ3v) is 5.23. The number of hydrogen-bond acceptors (Lipinski definition) is 5. The number of rotatable bonds is 8. The van der Waals surface area contributed by atoms with E-state index < -0.39 is 0 Å². The number of pyridine rings is 1. The first-order valence-corrected chi connectivity index (χ1v) is 10.1. The fourth-order valence-electron chi connectivity index (χ4n) is 2.68. The maximum absolute atomic E-state index is 12.4. The number of carbonyl (C=O) groups is 1. The third kappa shape index (κ3) is 4.99. The Bertz CT molecular complexity index is 960. The van der Waals surface area contributed by atoms with E-state index >= 15 is 0 Å². The van der Waals surface area contributed by atoms with Crippen molar-refractivity contribution in [2.24, 2.45) is 0 Å². The molecule has 2 aromatic heterocycles. The molecule has 2 heterocycles. The summed E-state index contributed by atoms with van der Waals surface area (Å²) in [5.41, 5.74) is 1.87. The van der Waals surface area contributed by atoms with Crippen molar-refractivity contribution in [3.63, 3.8) is 0 Å². The predicted molar refractivity (Wildman–Crippen MR) is 112 cm³/mol. The van der Waals surface area contributed by atoms with Crippen molar-refractivity contribution in [2.75, 3.05) is 5.75 Å². The lowest BCUT2D eigenvalue weighted by atomic mass is 10.1. The molecule has 3 rings (SSSR count). The van der Waals surface area contributed by atoms with Gasteiger partial charge in [0.25, 0.3) is 0 Å². The summed E-state index contributed by atoms with van der Waals surface area (Å²) >= 11 is 7.36. The first-order valence-electron chi connectivity index (χ1n) is 8.70. The van der Waals surface area contributed by atoms with E-state index in [0.717, 1.165) is 17.0 Å². The second-order valence-corrected chi connectivity index (χ2v) is 7.45. The molecule has 8 heteroatoms. The number of amides is 1. The minimum Gasteiger partial charge on any atom is -0.349 e. The Hall–Kier alpha value is -2.64. The van der Waals surface area contributed by atoms with Gasteiger partial charge in [0.05, 0.1) is 11.8 Å². The van der Waals surface area contributed by atoms with E-state index in [1.807, 2.05) is 47.9 Å². The van der Waals surface area contributed by atoms with Gasteiger partial charge < -0.3 is 5.32 Å². The number of nitrogens with zero attached hydrogens (tertiary/aromatic N) is 4. The summed E-state index contributed by atoms with van der Waals surface area (Å²) in [6.45, 7) is 6.27. The summed E-state index contributed by atoms with van der Waals surface area (Å²) in [5, 5.41) is 12.8. The average molecular weight is 414 g/mol. The van der Waals surface area contributed by atoms with Crippen LogP contribution < -0.4 is 5.32 Å². The first kappa shape index (κ1) is 20.1. The summed E-state index contributed by atoms with van der Waals surface area (Å²) in [6.07, 6.45) is 5.19. The molecule has 0 aliphatic rings. The zero-order valence-electron chi connectivity index (χ0n) is 15.4. The molecule has 0 spiro atoms. The zero-order valence-corrected chi connectivity index (χ0v) is 17.0. The predicted octanol–water partition coefficient (Wildman–Crippen LogP) is 4.15. The minimum absolute atomic E-state index is 0.0870. The molecule has 28 heavy (non-hydrogen) atoms. The minimum atomic E-state index is -0.134. The quantitative estimate of drug-likeness (QED) is 0.443. The zero-order chi connectivity index (χ0) is 19.9. The number of halogens is 1. The molecular formula is C20H20ClN5OS. The Balaban J connectivity index is 1.66. The molecule has 1 N–H and O–H groups in total. The number of aromatic nitrogens is 4. The molecule has 0 unspecified atom stereocenters. The molecule has 1 aromatic carbocycles. The van der Waals surface area contributed by atoms with Crippen LogP contribution >= 0.6 is 23.4 Å². The smallest absolute Gasteiger partial charge is 0.230 e. The van der Waals surface area contributed by atoms with Crippen LogP contribution in [0.3, 0.4) is 0 Å². The van der Waals surface area contributed by atoms with Crippen molar-refractivity contribution < 1.29 is 4.79 Å². The van der Waals surface area contributed by atoms with Crippen LogP contribution in [0.5, 0.6) is 0 Å². The molecule has 0 bridgehead atoms. The van der Waals surface area contributed by atoms with Crippen LogP contribution in [0, 0.1) is 0 Å². The van der Waals surface area contributed by atoms with E-state index in [2.05, 4.69) is 27.1 Å². The van der Waals surface area contributed by atoms with Gasteiger partial charge in [-0.3, -0.25) is 14.3 Å². The summed E-state index contributed by atoms with van der Waals surface area (Å²) < 4.78 is 1.93. The van der Waals surface area contributed by atoms with Gasteiger partial charge in [0.15, 0.2) is 11.0 Å². The lowest BCUT2D eigenvalue weighted by Gasteiger charge is -2.14. The summed E-state index contributed by atoms with van der Waals surface area (Å²) in [5.74, 6) is 0.866. The van der Waals surface area contributed by atoms with Crippen molar-refractivity contribution in [3.05, 3.63) is 72.0 Å². The Morgan fingerprint density at radius 2 is 2.11 bits per heavy atom. The normalized spacial score (nSPS) is 11.8. The molecule has 0 aliphatic carbocycles. The van der Waals surface area contributed by atoms with E-state index in [0.29, 0.717) is 16.7 Å². The summed E-state index contributed by atoms with van der Waals surface area (Å²) in [4.78, 5) is 16.4. The number of carbonyl (C=O) groups excluding carboxylic acids is 1. The molecule has 0 saturated carbocycles. The van der Waals surface area contributed by atoms with Crippen LogP contribution in [-0.4, -0.2) is 31.4 Å². The van der Waals surface area contributed by atoms with Crippen LogP contribution in [0.25, 0.3) is 11.4 Å². The van der Waals surface area contributed by atoms with Gasteiger partial charge in [-0.1, -0.05) is 41.6 Å². The highest BCUT2D eigenvalue weighted by molar-refractivity contribution is 7.99. The van der Waals surface area contributed by atoms with Crippen molar-refractivity contribution in [2.45, 2.75) is 24.7 Å². The molecule has 3 aromatic rings. The number of benzene rings is 1. The van der Waals surface area contributed by atoms with Crippen LogP contribution in [0.2, 0.25) is 5.02 Å². The van der Waals surface area contributed by atoms with Crippen molar-refractivity contribution in [3.8, 4) is 11.4 Å². The van der Waals surface area contributed by atoms with Gasteiger partial charge >= 0.3 is 0 Å². The summed E-state index contributed by atoms with van der Waals surface area (Å²) in [6, 6.07) is 11.1. The van der Waals surface area contributed by atoms with Crippen LogP contribution in [-0.2, 0) is 11.3 Å². The Labute approximate surface area is 173 Å². The topological polar surface area (TPSA) is 72.7 Å². The number of thioether (sulfide) groups is 1. The first-order chi connectivity index (χ1) is 13.6. The van der Waals surface area contributed by atoms with Gasteiger partial charge in [-0.15, -0.1) is 16.8 Å². The standard InChI is InChI=1S/C20H20ClN5OS/c1-3-11-26-19(15-7-9-22-10-8-15)24-25-20(26)28-13-18(27)23-14(2)16-5-4-6-17(21)12-16/h3-10,12,14H,1,11,13H2,2H3,(H,23,27)/t14-/m0/s1. The van der Waals surface area contributed by atoms with Crippen molar-refractivity contribution in [1.29, 1.82) is 0 Å². The van der Waals surface area contributed by atoms with E-state index in [1.54, 1.807) is 18.5 Å². The van der Waals surface area contributed by atoms with Crippen molar-refractivity contribution in [1.82, 2.24) is 25.1 Å². The fourth-order valence-corrected chi connectivity index (χ4v) is 3.63. The van der Waals surface area contributed by atoms with E-state index in [9.17, 15) is 4.79 Å². The molecule has 1 amide bonds. The molecule has 144 valence electrons. The SMILES string of the molecule is C=CCn1c(SCC(=O)N[C@@H](C)c2cccc(Cl)c2)nnc1-c1ccncc1. The van der Waals surface area contributed by atoms with Crippen LogP contribution in [0.1, 0.15) is 18.5 Å². The van der Waals surface area contributed by atoms with Crippen molar-refractivity contribution >= 4 is 29.3 Å². The number of allylic oxidation sites excluding steroid dienone is 1. The average Bonchev–Trinajstić information content (AvgIpc) is 3.10. The molecule has 0 fully saturated rings. The highest BCUT2D eigenvalue weighted by Crippen LogP contribution is 2.24. The molecule has 6 nitrogen and oxygen atoms in total. The van der Waals surface area contributed by atoms with E-state index in [4.69, 9.17) is 11.6 Å².